The summed E-state index contributed by atoms with van der Waals surface area (Å²) in [5.74, 6) is -4.22. The maximum Gasteiger partial charge on any atom is 0.255 e. The third-order valence-electron chi connectivity index (χ3n) is 4.87. The largest absolute Gasteiger partial charge is 0.379 e. The average molecular weight is 453 g/mol. The molecule has 0 bridgehead atoms. The molecule has 1 heterocycles. The molecule has 166 valence electrons. The van der Waals surface area contributed by atoms with E-state index < -0.39 is 44.7 Å². The van der Waals surface area contributed by atoms with Crippen LogP contribution >= 0.6 is 0 Å². The third kappa shape index (κ3) is 4.73. The van der Waals surface area contributed by atoms with Crippen LogP contribution in [0.4, 0.5) is 14.5 Å². The molecule has 11 heteroatoms. The molecule has 8 nitrogen and oxygen atoms in total. The maximum absolute atomic E-state index is 14.1. The van der Waals surface area contributed by atoms with Gasteiger partial charge in [-0.3, -0.25) is 9.59 Å². The number of nitrogens with two attached hydrogens (primary N) is 1. The van der Waals surface area contributed by atoms with Gasteiger partial charge in [0.05, 0.1) is 29.4 Å². The van der Waals surface area contributed by atoms with Crippen LogP contribution in [0.25, 0.3) is 0 Å². The van der Waals surface area contributed by atoms with Gasteiger partial charge < -0.3 is 15.8 Å². The summed E-state index contributed by atoms with van der Waals surface area (Å²) in [5.41, 5.74) is 4.47. The number of rotatable bonds is 6. The van der Waals surface area contributed by atoms with Crippen LogP contribution in [0.1, 0.15) is 33.2 Å². The predicted molar refractivity (Wildman–Crippen MR) is 108 cm³/mol. The van der Waals surface area contributed by atoms with Crippen molar-refractivity contribution in [2.24, 2.45) is 5.73 Å². The Labute approximate surface area is 178 Å². The molecular formula is C20H21F2N3O5S. The molecule has 1 saturated heterocycles. The number of carbonyl (C=O) groups excluding carboxylic acids is 2. The van der Waals surface area contributed by atoms with Gasteiger partial charge in [0.25, 0.3) is 11.8 Å². The van der Waals surface area contributed by atoms with Gasteiger partial charge in [-0.05, 0) is 30.2 Å². The number of halogens is 2. The second kappa shape index (κ2) is 9.08. The number of hydrogen-bond acceptors (Lipinski definition) is 5. The third-order valence-corrected chi connectivity index (χ3v) is 6.85. The van der Waals surface area contributed by atoms with Crippen LogP contribution in [0.2, 0.25) is 0 Å². The van der Waals surface area contributed by atoms with Gasteiger partial charge >= 0.3 is 0 Å². The van der Waals surface area contributed by atoms with Crippen molar-refractivity contribution in [2.75, 3.05) is 31.6 Å². The van der Waals surface area contributed by atoms with Crippen LogP contribution in [0, 0.1) is 11.6 Å². The number of carbonyl (C=O) groups is 2. The number of ether oxygens (including phenoxy) is 1. The van der Waals surface area contributed by atoms with E-state index in [2.05, 4.69) is 5.32 Å². The molecule has 2 amide bonds. The minimum absolute atomic E-state index is 0.0260. The van der Waals surface area contributed by atoms with Crippen molar-refractivity contribution < 1.29 is 31.5 Å². The summed E-state index contributed by atoms with van der Waals surface area (Å²) in [5, 5.41) is 2.23. The number of nitrogens with one attached hydrogen (secondary N) is 1. The Bertz CT molecular complexity index is 1130. The molecule has 1 aliphatic heterocycles. The molecule has 0 aromatic heterocycles. The zero-order valence-electron chi connectivity index (χ0n) is 16.7. The summed E-state index contributed by atoms with van der Waals surface area (Å²) in [6.07, 6.45) is 0.412. The second-order valence-electron chi connectivity index (χ2n) is 6.82. The fourth-order valence-electron chi connectivity index (χ4n) is 3.18. The van der Waals surface area contributed by atoms with Crippen molar-refractivity contribution in [1.29, 1.82) is 0 Å². The smallest absolute Gasteiger partial charge is 0.255 e. The van der Waals surface area contributed by atoms with Gasteiger partial charge in [-0.25, -0.2) is 17.2 Å². The number of primary amides is 1. The number of anilines is 1. The minimum Gasteiger partial charge on any atom is -0.379 e. The van der Waals surface area contributed by atoms with E-state index >= 15 is 0 Å². The summed E-state index contributed by atoms with van der Waals surface area (Å²) in [7, 11) is -3.88. The Morgan fingerprint density at radius 3 is 2.42 bits per heavy atom. The zero-order valence-corrected chi connectivity index (χ0v) is 17.5. The number of amides is 2. The minimum atomic E-state index is -3.88. The molecule has 0 aliphatic carbocycles. The fraction of sp³-hybridized carbons (Fsp3) is 0.300. The normalized spacial score (nSPS) is 14.9. The van der Waals surface area contributed by atoms with Crippen LogP contribution in [0.5, 0.6) is 0 Å². The number of sulfonamides is 1. The second-order valence-corrected chi connectivity index (χ2v) is 8.73. The lowest BCUT2D eigenvalue weighted by Gasteiger charge is -2.27. The molecule has 3 N–H and O–H groups in total. The van der Waals surface area contributed by atoms with Crippen LogP contribution < -0.4 is 11.1 Å². The Morgan fingerprint density at radius 2 is 1.81 bits per heavy atom. The number of nitrogens with zero attached hydrogens (tertiary/aromatic N) is 1. The van der Waals surface area contributed by atoms with Crippen LogP contribution in [0.3, 0.4) is 0 Å². The summed E-state index contributed by atoms with van der Waals surface area (Å²) >= 11 is 0. The van der Waals surface area contributed by atoms with Gasteiger partial charge in [-0.2, -0.15) is 4.31 Å². The number of hydrogen-bond donors (Lipinski definition) is 2. The summed E-state index contributed by atoms with van der Waals surface area (Å²) < 4.78 is 60.4. The molecule has 1 aliphatic rings. The zero-order chi connectivity index (χ0) is 22.8. The Morgan fingerprint density at radius 1 is 1.13 bits per heavy atom. The van der Waals surface area contributed by atoms with Crippen LogP contribution in [0.15, 0.2) is 35.2 Å². The Kier molecular flexibility index (Phi) is 6.68. The molecular weight excluding hydrogens is 432 g/mol. The summed E-state index contributed by atoms with van der Waals surface area (Å²) in [4.78, 5) is 23.9. The van der Waals surface area contributed by atoms with E-state index in [1.165, 1.54) is 22.5 Å². The van der Waals surface area contributed by atoms with Crippen molar-refractivity contribution in [3.63, 3.8) is 0 Å². The number of benzene rings is 2. The fourth-order valence-corrected chi connectivity index (χ4v) is 4.91. The summed E-state index contributed by atoms with van der Waals surface area (Å²) in [6, 6.07) is 5.36. The molecule has 2 aromatic carbocycles. The van der Waals surface area contributed by atoms with Crippen molar-refractivity contribution >= 4 is 27.5 Å². The monoisotopic (exact) mass is 453 g/mol. The highest BCUT2D eigenvalue weighted by Crippen LogP contribution is 2.25. The number of aryl methyl sites for hydroxylation is 1. The van der Waals surface area contributed by atoms with Gasteiger partial charge in [-0.15, -0.1) is 0 Å². The first-order valence-corrected chi connectivity index (χ1v) is 10.9. The quantitative estimate of drug-likeness (QED) is 0.693. The maximum atomic E-state index is 14.1. The van der Waals surface area contributed by atoms with Gasteiger partial charge in [0.1, 0.15) is 11.6 Å². The van der Waals surface area contributed by atoms with E-state index in [1.54, 1.807) is 6.92 Å². The molecule has 0 spiro atoms. The molecule has 0 atom stereocenters. The molecule has 3 rings (SSSR count). The van der Waals surface area contributed by atoms with E-state index in [4.69, 9.17) is 10.5 Å². The lowest BCUT2D eigenvalue weighted by Crippen LogP contribution is -2.41. The van der Waals surface area contributed by atoms with E-state index in [0.717, 1.165) is 6.07 Å². The highest BCUT2D eigenvalue weighted by atomic mass is 32.2. The van der Waals surface area contributed by atoms with Crippen molar-refractivity contribution in [3.05, 3.63) is 58.7 Å². The van der Waals surface area contributed by atoms with Crippen molar-refractivity contribution in [3.8, 4) is 0 Å². The van der Waals surface area contributed by atoms with Crippen LogP contribution in [-0.2, 0) is 21.2 Å². The SMILES string of the molecule is CCc1ccc(C(=O)Nc2cc(C(N)=O)c(F)cc2F)cc1S(=O)(=O)N1CCOCC1. The van der Waals surface area contributed by atoms with Crippen LogP contribution in [-0.4, -0.2) is 50.8 Å². The topological polar surface area (TPSA) is 119 Å². The first-order valence-electron chi connectivity index (χ1n) is 9.46. The Balaban J connectivity index is 1.95. The number of morpholine rings is 1. The summed E-state index contributed by atoms with van der Waals surface area (Å²) in [6.45, 7) is 2.71. The van der Waals surface area contributed by atoms with E-state index in [1.807, 2.05) is 0 Å². The predicted octanol–water partition coefficient (Wildman–Crippen LogP) is 1.90. The van der Waals surface area contributed by atoms with E-state index in [-0.39, 0.29) is 36.8 Å². The highest BCUT2D eigenvalue weighted by Gasteiger charge is 2.29. The van der Waals surface area contributed by atoms with Gasteiger partial charge in [0, 0.05) is 24.7 Å². The highest BCUT2D eigenvalue weighted by molar-refractivity contribution is 7.89. The van der Waals surface area contributed by atoms with Crippen molar-refractivity contribution in [2.45, 2.75) is 18.2 Å². The lowest BCUT2D eigenvalue weighted by molar-refractivity contribution is 0.0730. The van der Waals surface area contributed by atoms with Gasteiger partial charge in [0.15, 0.2) is 0 Å². The van der Waals surface area contributed by atoms with E-state index in [0.29, 0.717) is 18.1 Å². The lowest BCUT2D eigenvalue weighted by atomic mass is 10.1. The molecule has 1 fully saturated rings. The van der Waals surface area contributed by atoms with Gasteiger partial charge in [-0.1, -0.05) is 13.0 Å². The molecule has 2 aromatic rings. The molecule has 0 saturated carbocycles. The standard InChI is InChI=1S/C20H21F2N3O5S/c1-2-12-3-4-13(9-18(12)31(28,29)25-5-7-30-8-6-25)20(27)24-17-10-14(19(23)26)15(21)11-16(17)22/h3-4,9-11H,2,5-8H2,1H3,(H2,23,26)(H,24,27). The van der Waals surface area contributed by atoms with E-state index in [9.17, 15) is 26.8 Å². The van der Waals surface area contributed by atoms with Gasteiger partial charge in [0.2, 0.25) is 10.0 Å². The molecule has 0 unspecified atom stereocenters. The molecule has 31 heavy (non-hydrogen) atoms. The molecule has 0 radical (unpaired) electrons. The first kappa shape index (κ1) is 22.8. The van der Waals surface area contributed by atoms with Crippen molar-refractivity contribution in [1.82, 2.24) is 4.31 Å². The Hall–Kier alpha value is -2.89. The average Bonchev–Trinajstić information content (AvgIpc) is 2.75. The first-order chi connectivity index (χ1) is 14.6.